The molecule has 0 unspecified atom stereocenters. The van der Waals surface area contributed by atoms with Crippen molar-refractivity contribution in [1.29, 1.82) is 0 Å². The highest BCUT2D eigenvalue weighted by molar-refractivity contribution is 5.65. The summed E-state index contributed by atoms with van der Waals surface area (Å²) in [6.45, 7) is 4.13. The van der Waals surface area contributed by atoms with E-state index in [4.69, 9.17) is 4.74 Å². The van der Waals surface area contributed by atoms with E-state index in [9.17, 15) is 22.4 Å². The monoisotopic (exact) mass is 499 g/mol. The molecule has 0 radical (unpaired) electrons. The lowest BCUT2D eigenvalue weighted by Crippen LogP contribution is -2.48. The van der Waals surface area contributed by atoms with E-state index in [1.165, 1.54) is 17.2 Å². The number of hydrogen-bond acceptors (Lipinski definition) is 6. The number of aryl methyl sites for hydroxylation is 2. The summed E-state index contributed by atoms with van der Waals surface area (Å²) in [5, 5.41) is 0. The first-order chi connectivity index (χ1) is 17.0. The van der Waals surface area contributed by atoms with Gasteiger partial charge < -0.3 is 9.64 Å². The first kappa shape index (κ1) is 23.9. The minimum atomic E-state index is -3.52. The summed E-state index contributed by atoms with van der Waals surface area (Å²) in [6.07, 6.45) is -3.02. The Kier molecular flexibility index (Phi) is 5.74. The number of fused-ring (bicyclic) bond motifs is 1. The number of hydrogen-bond donors (Lipinski definition) is 0. The van der Waals surface area contributed by atoms with Crippen LogP contribution >= 0.6 is 0 Å². The van der Waals surface area contributed by atoms with Crippen molar-refractivity contribution in [3.05, 3.63) is 87.1 Å². The molecule has 4 aromatic rings. The van der Waals surface area contributed by atoms with E-state index in [-0.39, 0.29) is 29.4 Å². The summed E-state index contributed by atoms with van der Waals surface area (Å²) < 4.78 is 64.0. The predicted molar refractivity (Wildman–Crippen MR) is 124 cm³/mol. The van der Waals surface area contributed by atoms with E-state index in [1.807, 2.05) is 0 Å². The van der Waals surface area contributed by atoms with Gasteiger partial charge in [0.1, 0.15) is 35.7 Å². The van der Waals surface area contributed by atoms with Gasteiger partial charge in [-0.15, -0.1) is 0 Å². The van der Waals surface area contributed by atoms with E-state index >= 15 is 0 Å². The third-order valence-corrected chi connectivity index (χ3v) is 6.13. The first-order valence-corrected chi connectivity index (χ1v) is 11.1. The number of nitrogens with zero attached hydrogens (tertiary/aromatic N) is 5. The second-order valence-corrected chi connectivity index (χ2v) is 8.74. The molecule has 11 heteroatoms. The zero-order chi connectivity index (χ0) is 25.8. The average molecular weight is 499 g/mol. The Morgan fingerprint density at radius 2 is 1.83 bits per heavy atom. The minimum absolute atomic E-state index is 0.00261. The van der Waals surface area contributed by atoms with E-state index in [0.29, 0.717) is 28.6 Å². The highest BCUT2D eigenvalue weighted by Crippen LogP contribution is 2.36. The van der Waals surface area contributed by atoms with Gasteiger partial charge in [-0.25, -0.2) is 23.1 Å². The molecule has 0 amide bonds. The van der Waals surface area contributed by atoms with Gasteiger partial charge in [-0.2, -0.15) is 8.78 Å². The third kappa shape index (κ3) is 4.30. The molecule has 3 aromatic heterocycles. The molecule has 1 aliphatic heterocycles. The number of ether oxygens (including phenoxy) is 1. The van der Waals surface area contributed by atoms with Crippen molar-refractivity contribution in [3.63, 3.8) is 0 Å². The van der Waals surface area contributed by atoms with E-state index in [0.717, 1.165) is 16.5 Å². The minimum Gasteiger partial charge on any atom is -0.345 e. The number of pyridine rings is 1. The van der Waals surface area contributed by atoms with Gasteiger partial charge in [-0.1, -0.05) is 0 Å². The van der Waals surface area contributed by atoms with Crippen LogP contribution in [0.1, 0.15) is 28.6 Å². The highest BCUT2D eigenvalue weighted by atomic mass is 19.3. The van der Waals surface area contributed by atoms with E-state index in [2.05, 4.69) is 15.0 Å². The van der Waals surface area contributed by atoms with Gasteiger partial charge in [0.05, 0.1) is 12.1 Å². The Hall–Kier alpha value is -3.86. The van der Waals surface area contributed by atoms with E-state index < -0.39 is 36.0 Å². The second kappa shape index (κ2) is 8.66. The molecule has 5 rings (SSSR count). The standard InChI is InChI=1S/C25H21F4N5O2/c1-13-8-16(6-7-30-13)20-11-33(12-25(28,29)36-20)21-10-22-31-15(3)14(2)24(35)34(22)23(32-21)18-5-4-17(26)9-19(18)27/h4-10,20H,11-12H2,1-3H3/t20-/m0/s1. The molecular formula is C25H21F4N5O2. The van der Waals surface area contributed by atoms with Gasteiger partial charge in [-0.05, 0) is 50.6 Å². The fourth-order valence-electron chi connectivity index (χ4n) is 4.24. The lowest BCUT2D eigenvalue weighted by molar-refractivity contribution is -0.269. The van der Waals surface area contributed by atoms with Gasteiger partial charge >= 0.3 is 6.11 Å². The summed E-state index contributed by atoms with van der Waals surface area (Å²) in [5.41, 5.74) is 1.33. The predicted octanol–water partition coefficient (Wildman–Crippen LogP) is 4.53. The van der Waals surface area contributed by atoms with Crippen LogP contribution in [-0.4, -0.2) is 38.6 Å². The van der Waals surface area contributed by atoms with Crippen molar-refractivity contribution in [3.8, 4) is 11.4 Å². The van der Waals surface area contributed by atoms with Crippen LogP contribution in [0.3, 0.4) is 0 Å². The van der Waals surface area contributed by atoms with Crippen molar-refractivity contribution in [2.45, 2.75) is 33.0 Å². The molecule has 36 heavy (non-hydrogen) atoms. The maximum absolute atomic E-state index is 14.8. The van der Waals surface area contributed by atoms with Crippen molar-refractivity contribution in [1.82, 2.24) is 19.4 Å². The average Bonchev–Trinajstić information content (AvgIpc) is 2.81. The lowest BCUT2D eigenvalue weighted by Gasteiger charge is -2.38. The van der Waals surface area contributed by atoms with Crippen LogP contribution in [-0.2, 0) is 4.74 Å². The topological polar surface area (TPSA) is 72.6 Å². The van der Waals surface area contributed by atoms with E-state index in [1.54, 1.807) is 32.9 Å². The molecule has 1 aromatic carbocycles. The molecule has 186 valence electrons. The summed E-state index contributed by atoms with van der Waals surface area (Å²) in [6, 6.07) is 7.49. The van der Waals surface area contributed by atoms with Crippen LogP contribution in [0.5, 0.6) is 0 Å². The smallest absolute Gasteiger partial charge is 0.345 e. The Morgan fingerprint density at radius 3 is 2.56 bits per heavy atom. The number of alkyl halides is 2. The third-order valence-electron chi connectivity index (χ3n) is 6.13. The van der Waals surface area contributed by atoms with Gasteiger partial charge in [0.2, 0.25) is 0 Å². The zero-order valence-electron chi connectivity index (χ0n) is 19.6. The highest BCUT2D eigenvalue weighted by Gasteiger charge is 2.43. The second-order valence-electron chi connectivity index (χ2n) is 8.74. The molecule has 0 aliphatic carbocycles. The van der Waals surface area contributed by atoms with Crippen LogP contribution in [0.25, 0.3) is 17.0 Å². The van der Waals surface area contributed by atoms with Gasteiger partial charge in [0.25, 0.3) is 5.56 Å². The number of halogens is 4. The Morgan fingerprint density at radius 1 is 1.06 bits per heavy atom. The molecule has 0 saturated carbocycles. The molecule has 4 heterocycles. The SMILES string of the molecule is Cc1cc([C@@H]2CN(c3cc4nc(C)c(C)c(=O)n4c(-c4ccc(F)cc4F)n3)CC(F)(F)O2)ccn1. The molecule has 1 fully saturated rings. The number of aromatic nitrogens is 4. The molecule has 1 saturated heterocycles. The zero-order valence-corrected chi connectivity index (χ0v) is 19.6. The molecule has 0 N–H and O–H groups in total. The molecule has 1 atom stereocenters. The maximum Gasteiger partial charge on any atom is 0.373 e. The molecule has 0 bridgehead atoms. The maximum atomic E-state index is 14.8. The fraction of sp³-hybridized carbons (Fsp3) is 0.280. The summed E-state index contributed by atoms with van der Waals surface area (Å²) in [7, 11) is 0. The number of morpholine rings is 1. The van der Waals surface area contributed by atoms with Crippen LogP contribution in [0, 0.1) is 32.4 Å². The number of anilines is 1. The quantitative estimate of drug-likeness (QED) is 0.386. The van der Waals surface area contributed by atoms with Crippen LogP contribution in [0.4, 0.5) is 23.4 Å². The van der Waals surface area contributed by atoms with Gasteiger partial charge in [-0.3, -0.25) is 9.78 Å². The summed E-state index contributed by atoms with van der Waals surface area (Å²) in [4.78, 5) is 27.3. The van der Waals surface area contributed by atoms with Crippen molar-refractivity contribution < 1.29 is 22.3 Å². The van der Waals surface area contributed by atoms with Crippen molar-refractivity contribution >= 4 is 11.5 Å². The number of rotatable bonds is 3. The molecule has 0 spiro atoms. The van der Waals surface area contributed by atoms with Crippen LogP contribution in [0.2, 0.25) is 0 Å². The molecular weight excluding hydrogens is 478 g/mol. The van der Waals surface area contributed by atoms with Crippen molar-refractivity contribution in [2.24, 2.45) is 0 Å². The Labute approximate surface area is 203 Å². The molecule has 7 nitrogen and oxygen atoms in total. The van der Waals surface area contributed by atoms with Gasteiger partial charge in [0.15, 0.2) is 5.82 Å². The summed E-state index contributed by atoms with van der Waals surface area (Å²) in [5.74, 6) is -1.89. The van der Waals surface area contributed by atoms with Crippen LogP contribution in [0.15, 0.2) is 47.4 Å². The van der Waals surface area contributed by atoms with Crippen LogP contribution < -0.4 is 10.5 Å². The van der Waals surface area contributed by atoms with Crippen molar-refractivity contribution in [2.75, 3.05) is 18.0 Å². The molecule has 1 aliphatic rings. The lowest BCUT2D eigenvalue weighted by atomic mass is 10.1. The normalized spacial score (nSPS) is 17.5. The largest absolute Gasteiger partial charge is 0.373 e. The fourth-order valence-corrected chi connectivity index (χ4v) is 4.24. The Bertz CT molecular complexity index is 1560. The number of benzene rings is 1. The first-order valence-electron chi connectivity index (χ1n) is 11.1. The summed E-state index contributed by atoms with van der Waals surface area (Å²) >= 11 is 0. The van der Waals surface area contributed by atoms with Gasteiger partial charge in [0, 0.05) is 35.3 Å². The Balaban J connectivity index is 1.70.